The van der Waals surface area contributed by atoms with Gasteiger partial charge in [0.15, 0.2) is 11.3 Å². The number of aliphatic hydroxyl groups excluding tert-OH is 1. The van der Waals surface area contributed by atoms with Crippen molar-refractivity contribution in [1.82, 2.24) is 10.1 Å². The summed E-state index contributed by atoms with van der Waals surface area (Å²) in [6.07, 6.45) is 9.29. The standard InChI is InChI=1S/C29H32N2O4S/c1-28-12-16-14-30-35-25(16)11-17(28)7-8-18-19-9-10-20(29(19,2)13-22(32)26(18)28)23(33)15-36-27-31-21-5-3-4-6-24(21)34-27/h3-6,11,14,18-20,22,26,32H,7-10,12-13,15H2,1-2H3. The molecule has 2 heterocycles. The third-order valence-corrected chi connectivity index (χ3v) is 11.1. The smallest absolute Gasteiger partial charge is 0.257 e. The number of nitrogens with zero attached hydrogens (tertiary/aromatic N) is 2. The normalized spacial score (nSPS) is 37.1. The number of oxazole rings is 1. The fraction of sp³-hybridized carbons (Fsp3) is 0.552. The first-order chi connectivity index (χ1) is 17.4. The second-order valence-corrected chi connectivity index (χ2v) is 12.9. The van der Waals surface area contributed by atoms with Crippen LogP contribution in [0.15, 0.2) is 50.2 Å². The predicted molar refractivity (Wildman–Crippen MR) is 137 cm³/mol. The summed E-state index contributed by atoms with van der Waals surface area (Å²) in [5.41, 5.74) is 3.89. The number of rotatable bonds is 4. The summed E-state index contributed by atoms with van der Waals surface area (Å²) < 4.78 is 11.3. The zero-order valence-corrected chi connectivity index (χ0v) is 21.6. The van der Waals surface area contributed by atoms with Crippen molar-refractivity contribution in [2.24, 2.45) is 34.5 Å². The topological polar surface area (TPSA) is 89.4 Å². The lowest BCUT2D eigenvalue weighted by molar-refractivity contribution is -0.140. The largest absolute Gasteiger partial charge is 0.431 e. The Morgan fingerprint density at radius 1 is 1.22 bits per heavy atom. The van der Waals surface area contributed by atoms with E-state index < -0.39 is 6.10 Å². The predicted octanol–water partition coefficient (Wildman–Crippen LogP) is 5.95. The number of carbonyl (C=O) groups excluding carboxylic acids is 1. The summed E-state index contributed by atoms with van der Waals surface area (Å²) in [5, 5.41) is 16.3. The SMILES string of the molecule is CC12Cc3cnoc3C=C1CCC1C2C(O)CC2(C)C(C(=O)CSc3nc4ccccc4o3)CCC12. The molecule has 0 spiro atoms. The maximum absolute atomic E-state index is 13.6. The molecular weight excluding hydrogens is 472 g/mol. The van der Waals surface area contributed by atoms with E-state index in [0.29, 0.717) is 29.2 Å². The molecule has 7 heteroatoms. The lowest BCUT2D eigenvalue weighted by Gasteiger charge is -2.59. The Kier molecular flexibility index (Phi) is 5.10. The van der Waals surface area contributed by atoms with Crippen LogP contribution in [0.25, 0.3) is 17.2 Å². The van der Waals surface area contributed by atoms with Crippen molar-refractivity contribution < 1.29 is 18.8 Å². The number of fused-ring (bicyclic) bond motifs is 7. The highest BCUT2D eigenvalue weighted by Gasteiger charge is 2.63. The van der Waals surface area contributed by atoms with E-state index in [1.807, 2.05) is 30.5 Å². The molecule has 3 fully saturated rings. The van der Waals surface area contributed by atoms with Crippen molar-refractivity contribution >= 4 is 34.7 Å². The Balaban J connectivity index is 1.11. The molecule has 7 atom stereocenters. The molecule has 36 heavy (non-hydrogen) atoms. The van der Waals surface area contributed by atoms with Gasteiger partial charge in [0.2, 0.25) is 0 Å². The maximum Gasteiger partial charge on any atom is 0.257 e. The van der Waals surface area contributed by atoms with Crippen LogP contribution < -0.4 is 0 Å². The number of Topliss-reactive ketones (excluding diaryl/α,β-unsaturated/α-hetero) is 1. The number of aromatic nitrogens is 2. The van der Waals surface area contributed by atoms with Crippen molar-refractivity contribution in [3.63, 3.8) is 0 Å². The molecule has 1 N–H and O–H groups in total. The molecule has 0 aliphatic heterocycles. The molecule has 6 nitrogen and oxygen atoms in total. The minimum Gasteiger partial charge on any atom is -0.431 e. The van der Waals surface area contributed by atoms with E-state index in [4.69, 9.17) is 8.94 Å². The fourth-order valence-corrected chi connectivity index (χ4v) is 9.47. The van der Waals surface area contributed by atoms with Crippen molar-refractivity contribution in [2.45, 2.75) is 63.7 Å². The molecule has 0 bridgehead atoms. The van der Waals surface area contributed by atoms with Crippen LogP contribution in [0.2, 0.25) is 0 Å². The van der Waals surface area contributed by atoms with E-state index in [0.717, 1.165) is 54.5 Å². The van der Waals surface area contributed by atoms with E-state index in [9.17, 15) is 9.90 Å². The fourth-order valence-electron chi connectivity index (χ4n) is 8.69. The van der Waals surface area contributed by atoms with Gasteiger partial charge in [-0.2, -0.15) is 0 Å². The van der Waals surface area contributed by atoms with Crippen molar-refractivity contribution in [3.05, 3.63) is 47.4 Å². The average Bonchev–Trinajstić information content (AvgIpc) is 3.56. The number of benzene rings is 1. The molecule has 0 amide bonds. The van der Waals surface area contributed by atoms with Gasteiger partial charge in [0.05, 0.1) is 18.1 Å². The zero-order chi connectivity index (χ0) is 24.7. The number of aliphatic hydroxyl groups is 1. The highest BCUT2D eigenvalue weighted by Crippen LogP contribution is 2.66. The molecule has 1 aromatic carbocycles. The van der Waals surface area contributed by atoms with Crippen molar-refractivity contribution in [2.75, 3.05) is 5.75 Å². The molecule has 3 saturated carbocycles. The summed E-state index contributed by atoms with van der Waals surface area (Å²) in [6.45, 7) is 4.62. The summed E-state index contributed by atoms with van der Waals surface area (Å²) in [4.78, 5) is 18.1. The zero-order valence-electron chi connectivity index (χ0n) is 20.8. The van der Waals surface area contributed by atoms with Gasteiger partial charge in [-0.25, -0.2) is 4.98 Å². The van der Waals surface area contributed by atoms with Gasteiger partial charge in [-0.1, -0.05) is 48.5 Å². The van der Waals surface area contributed by atoms with E-state index in [-0.39, 0.29) is 28.4 Å². The Morgan fingerprint density at radius 2 is 2.08 bits per heavy atom. The van der Waals surface area contributed by atoms with Crippen molar-refractivity contribution in [3.8, 4) is 0 Å². The highest BCUT2D eigenvalue weighted by molar-refractivity contribution is 7.99. The van der Waals surface area contributed by atoms with E-state index in [1.54, 1.807) is 0 Å². The summed E-state index contributed by atoms with van der Waals surface area (Å²) >= 11 is 1.40. The molecule has 0 radical (unpaired) electrons. The maximum atomic E-state index is 13.6. The van der Waals surface area contributed by atoms with Crippen LogP contribution in [0.5, 0.6) is 0 Å². The molecule has 188 valence electrons. The summed E-state index contributed by atoms with van der Waals surface area (Å²) in [7, 11) is 0. The van der Waals surface area contributed by atoms with E-state index >= 15 is 0 Å². The van der Waals surface area contributed by atoms with Crippen LogP contribution in [-0.2, 0) is 11.2 Å². The average molecular weight is 505 g/mol. The van der Waals surface area contributed by atoms with Gasteiger partial charge in [0.25, 0.3) is 5.22 Å². The lowest BCUT2D eigenvalue weighted by Crippen LogP contribution is -2.57. The number of thioether (sulfide) groups is 1. The first-order valence-corrected chi connectivity index (χ1v) is 14.2. The van der Waals surface area contributed by atoms with Gasteiger partial charge in [-0.05, 0) is 85.3 Å². The lowest BCUT2D eigenvalue weighted by atomic mass is 9.46. The summed E-state index contributed by atoms with van der Waals surface area (Å²) in [6, 6.07) is 7.69. The van der Waals surface area contributed by atoms with E-state index in [1.165, 1.54) is 17.3 Å². The van der Waals surface area contributed by atoms with Crippen LogP contribution in [0, 0.1) is 34.5 Å². The molecule has 3 aromatic rings. The van der Waals surface area contributed by atoms with Crippen molar-refractivity contribution in [1.29, 1.82) is 0 Å². The van der Waals surface area contributed by atoms with Gasteiger partial charge in [0, 0.05) is 11.5 Å². The first-order valence-electron chi connectivity index (χ1n) is 13.2. The number of allylic oxidation sites excluding steroid dienone is 1. The van der Waals surface area contributed by atoms with Crippen LogP contribution in [0.4, 0.5) is 0 Å². The van der Waals surface area contributed by atoms with Crippen LogP contribution >= 0.6 is 11.8 Å². The first kappa shape index (κ1) is 22.8. The Hall–Kier alpha value is -2.38. The second kappa shape index (κ2) is 8.06. The molecule has 7 rings (SSSR count). The number of carbonyl (C=O) groups is 1. The molecule has 4 aliphatic rings. The van der Waals surface area contributed by atoms with Gasteiger partial charge >= 0.3 is 0 Å². The molecule has 4 aliphatic carbocycles. The van der Waals surface area contributed by atoms with Gasteiger partial charge in [0.1, 0.15) is 11.3 Å². The Morgan fingerprint density at radius 3 is 2.94 bits per heavy atom. The number of ketones is 1. The Labute approximate surface area is 214 Å². The van der Waals surface area contributed by atoms with E-state index in [2.05, 4.69) is 30.1 Å². The monoisotopic (exact) mass is 504 g/mol. The van der Waals surface area contributed by atoms with Crippen LogP contribution in [0.1, 0.15) is 57.3 Å². The molecular formula is C29H32N2O4S. The number of hydrogen-bond acceptors (Lipinski definition) is 7. The van der Waals surface area contributed by atoms with Gasteiger partial charge < -0.3 is 14.0 Å². The third kappa shape index (κ3) is 3.24. The molecule has 0 saturated heterocycles. The van der Waals surface area contributed by atoms with Crippen LogP contribution in [-0.4, -0.2) is 32.9 Å². The van der Waals surface area contributed by atoms with Crippen LogP contribution in [0.3, 0.4) is 0 Å². The number of para-hydroxylation sites is 2. The minimum atomic E-state index is -0.413. The number of hydrogen-bond donors (Lipinski definition) is 1. The minimum absolute atomic E-state index is 0.0178. The highest BCUT2D eigenvalue weighted by atomic mass is 32.2. The third-order valence-electron chi connectivity index (χ3n) is 10.2. The molecule has 2 aromatic heterocycles. The quantitative estimate of drug-likeness (QED) is 0.439. The summed E-state index contributed by atoms with van der Waals surface area (Å²) in [5.74, 6) is 2.62. The Bertz CT molecular complexity index is 1340. The second-order valence-electron chi connectivity index (χ2n) is 11.9. The van der Waals surface area contributed by atoms with Gasteiger partial charge in [-0.3, -0.25) is 4.79 Å². The molecule has 7 unspecified atom stereocenters. The van der Waals surface area contributed by atoms with Gasteiger partial charge in [-0.15, -0.1) is 0 Å².